The first-order valence-corrected chi connectivity index (χ1v) is 12.1. The number of aromatic nitrogens is 3. The maximum absolute atomic E-state index is 14.3. The zero-order valence-corrected chi connectivity index (χ0v) is 21.5. The van der Waals surface area contributed by atoms with E-state index >= 15 is 0 Å². The number of carbonyl (C=O) groups is 2. The van der Waals surface area contributed by atoms with Crippen molar-refractivity contribution in [2.45, 2.75) is 32.6 Å². The van der Waals surface area contributed by atoms with E-state index in [0.29, 0.717) is 39.2 Å². The number of halogens is 3. The number of pyridine rings is 1. The molecule has 0 fully saturated rings. The molecule has 0 saturated carbocycles. The second-order valence-electron chi connectivity index (χ2n) is 8.71. The van der Waals surface area contributed by atoms with Crippen molar-refractivity contribution in [2.24, 2.45) is 0 Å². The van der Waals surface area contributed by atoms with Gasteiger partial charge >= 0.3 is 6.09 Å². The Morgan fingerprint density at radius 1 is 1.21 bits per heavy atom. The molecule has 0 aliphatic rings. The van der Waals surface area contributed by atoms with Crippen molar-refractivity contribution < 1.29 is 33.3 Å². The van der Waals surface area contributed by atoms with E-state index in [1.807, 2.05) is 5.32 Å². The minimum absolute atomic E-state index is 0.0521. The fourth-order valence-corrected chi connectivity index (χ4v) is 4.31. The predicted molar refractivity (Wildman–Crippen MR) is 138 cm³/mol. The zero-order valence-electron chi connectivity index (χ0n) is 20.8. The van der Waals surface area contributed by atoms with Crippen LogP contribution in [0.5, 0.6) is 5.75 Å². The molecule has 39 heavy (non-hydrogen) atoms. The van der Waals surface area contributed by atoms with Gasteiger partial charge < -0.3 is 25.6 Å². The summed E-state index contributed by atoms with van der Waals surface area (Å²) >= 11 is 6.36. The summed E-state index contributed by atoms with van der Waals surface area (Å²) < 4.78 is 35.4. The fourth-order valence-electron chi connectivity index (χ4n) is 4.04. The number of aryl methyl sites for hydroxylation is 1. The highest BCUT2D eigenvalue weighted by Gasteiger charge is 2.22. The average Bonchev–Trinajstić information content (AvgIpc) is 3.31. The van der Waals surface area contributed by atoms with Gasteiger partial charge in [-0.25, -0.2) is 23.2 Å². The molecule has 204 valence electrons. The van der Waals surface area contributed by atoms with Crippen LogP contribution in [0.25, 0.3) is 16.6 Å². The smallest absolute Gasteiger partial charge is 0.404 e. The molecule has 0 radical (unpaired) electrons. The standard InChI is InChI=1S/C26H24ClF2N5O5/c1-13-6-21(34-11-16(29)9-31-34)17-4-3-5-23(24(17)32-13)39-12-19-18(7-15(28)8-20(19)27)14(2)33-25(36)22(35)10-30-26(37)38/h3-9,11,14,22,30,35H,10,12H2,1-2H3,(H,33,36)(H,37,38). The van der Waals surface area contributed by atoms with E-state index in [0.717, 1.165) is 12.3 Å². The molecular weight excluding hydrogens is 536 g/mol. The van der Waals surface area contributed by atoms with Crippen LogP contribution < -0.4 is 15.4 Å². The van der Waals surface area contributed by atoms with Gasteiger partial charge in [0.05, 0.1) is 35.7 Å². The van der Waals surface area contributed by atoms with Gasteiger partial charge in [0.2, 0.25) is 0 Å². The van der Waals surface area contributed by atoms with Crippen molar-refractivity contribution in [1.82, 2.24) is 25.4 Å². The molecule has 2 aromatic carbocycles. The van der Waals surface area contributed by atoms with Crippen LogP contribution in [-0.2, 0) is 11.4 Å². The van der Waals surface area contributed by atoms with Gasteiger partial charge in [0.1, 0.15) is 29.8 Å². The van der Waals surface area contributed by atoms with Crippen LogP contribution in [0.3, 0.4) is 0 Å². The number of benzene rings is 2. The molecule has 4 rings (SSSR count). The van der Waals surface area contributed by atoms with Crippen molar-refractivity contribution >= 4 is 34.5 Å². The maximum atomic E-state index is 14.3. The first-order valence-electron chi connectivity index (χ1n) is 11.7. The van der Waals surface area contributed by atoms with Crippen molar-refractivity contribution in [3.8, 4) is 11.4 Å². The Kier molecular flexibility index (Phi) is 8.27. The van der Waals surface area contributed by atoms with Crippen LogP contribution in [-0.4, -0.2) is 49.6 Å². The van der Waals surface area contributed by atoms with Crippen LogP contribution in [0.1, 0.15) is 29.8 Å². The third-order valence-electron chi connectivity index (χ3n) is 5.85. The summed E-state index contributed by atoms with van der Waals surface area (Å²) in [7, 11) is 0. The van der Waals surface area contributed by atoms with Gasteiger partial charge in [0.15, 0.2) is 5.82 Å². The second-order valence-corrected chi connectivity index (χ2v) is 9.12. The molecule has 4 N–H and O–H groups in total. The summed E-state index contributed by atoms with van der Waals surface area (Å²) in [5, 5.41) is 27.8. The Labute approximate surface area is 226 Å². The number of carboxylic acid groups (broad SMARTS) is 1. The van der Waals surface area contributed by atoms with Crippen LogP contribution in [0.4, 0.5) is 13.6 Å². The maximum Gasteiger partial charge on any atom is 0.404 e. The third-order valence-corrected chi connectivity index (χ3v) is 6.19. The summed E-state index contributed by atoms with van der Waals surface area (Å²) in [6.07, 6.45) is -0.707. The normalized spacial score (nSPS) is 12.7. The lowest BCUT2D eigenvalue weighted by Crippen LogP contribution is -2.43. The lowest BCUT2D eigenvalue weighted by molar-refractivity contribution is -0.129. The van der Waals surface area contributed by atoms with Crippen molar-refractivity contribution in [3.05, 3.63) is 82.3 Å². The molecule has 2 amide bonds. The molecule has 4 aromatic rings. The van der Waals surface area contributed by atoms with E-state index < -0.39 is 42.3 Å². The molecule has 2 unspecified atom stereocenters. The Morgan fingerprint density at radius 3 is 2.67 bits per heavy atom. The Bertz CT molecular complexity index is 1550. The number of hydrogen-bond donors (Lipinski definition) is 4. The minimum Gasteiger partial charge on any atom is -0.487 e. The minimum atomic E-state index is -1.66. The molecule has 0 aliphatic carbocycles. The third kappa shape index (κ3) is 6.41. The molecule has 10 nitrogen and oxygen atoms in total. The van der Waals surface area contributed by atoms with Crippen LogP contribution in [0.2, 0.25) is 5.02 Å². The Morgan fingerprint density at radius 2 is 1.97 bits per heavy atom. The van der Waals surface area contributed by atoms with Crippen molar-refractivity contribution in [3.63, 3.8) is 0 Å². The zero-order chi connectivity index (χ0) is 28.3. The van der Waals surface area contributed by atoms with Crippen molar-refractivity contribution in [1.29, 1.82) is 0 Å². The number of fused-ring (bicyclic) bond motifs is 1. The van der Waals surface area contributed by atoms with Crippen LogP contribution in [0, 0.1) is 18.6 Å². The highest BCUT2D eigenvalue weighted by atomic mass is 35.5. The summed E-state index contributed by atoms with van der Waals surface area (Å²) in [5.41, 5.74) is 2.39. The predicted octanol–water partition coefficient (Wildman–Crippen LogP) is 4.05. The number of carbonyl (C=O) groups excluding carboxylic acids is 1. The quantitative estimate of drug-likeness (QED) is 0.243. The highest BCUT2D eigenvalue weighted by Crippen LogP contribution is 2.32. The van der Waals surface area contributed by atoms with Crippen LogP contribution >= 0.6 is 11.6 Å². The number of para-hydroxylation sites is 1. The summed E-state index contributed by atoms with van der Waals surface area (Å²) in [6.45, 7) is 2.69. The van der Waals surface area contributed by atoms with Crippen molar-refractivity contribution in [2.75, 3.05) is 6.54 Å². The van der Waals surface area contributed by atoms with Crippen LogP contribution in [0.15, 0.2) is 48.8 Å². The number of ether oxygens (including phenoxy) is 1. The fraction of sp³-hybridized carbons (Fsp3) is 0.231. The lowest BCUT2D eigenvalue weighted by atomic mass is 10.0. The number of nitrogens with zero attached hydrogens (tertiary/aromatic N) is 3. The number of nitrogens with one attached hydrogen (secondary N) is 2. The molecular formula is C26H24ClF2N5O5. The summed E-state index contributed by atoms with van der Waals surface area (Å²) in [6, 6.07) is 8.46. The number of amides is 2. The molecule has 0 saturated heterocycles. The lowest BCUT2D eigenvalue weighted by Gasteiger charge is -2.21. The van der Waals surface area contributed by atoms with Gasteiger partial charge in [-0.2, -0.15) is 5.10 Å². The van der Waals surface area contributed by atoms with Gasteiger partial charge in [0.25, 0.3) is 5.91 Å². The Balaban J connectivity index is 1.61. The molecule has 0 aliphatic heterocycles. The SMILES string of the molecule is Cc1cc(-n2cc(F)cn2)c2cccc(OCc3c(Cl)cc(F)cc3C(C)NC(=O)C(O)CNC(=O)O)c2n1. The molecule has 2 aromatic heterocycles. The molecule has 0 bridgehead atoms. The molecule has 2 atom stereocenters. The molecule has 13 heteroatoms. The average molecular weight is 560 g/mol. The van der Waals surface area contributed by atoms with E-state index in [2.05, 4.69) is 15.4 Å². The largest absolute Gasteiger partial charge is 0.487 e. The van der Waals surface area contributed by atoms with Gasteiger partial charge in [0, 0.05) is 16.6 Å². The van der Waals surface area contributed by atoms with E-state index in [-0.39, 0.29) is 11.6 Å². The van der Waals surface area contributed by atoms with Gasteiger partial charge in [-0.15, -0.1) is 0 Å². The van der Waals surface area contributed by atoms with E-state index in [1.54, 1.807) is 38.1 Å². The van der Waals surface area contributed by atoms with Gasteiger partial charge in [-0.05, 0) is 43.7 Å². The monoisotopic (exact) mass is 559 g/mol. The Hall–Kier alpha value is -4.29. The van der Waals surface area contributed by atoms with Gasteiger partial charge in [-0.1, -0.05) is 23.7 Å². The number of aliphatic hydroxyl groups is 1. The highest BCUT2D eigenvalue weighted by molar-refractivity contribution is 6.31. The first-order chi connectivity index (χ1) is 18.5. The molecule has 0 spiro atoms. The van der Waals surface area contributed by atoms with E-state index in [9.17, 15) is 23.5 Å². The number of hydrogen-bond acceptors (Lipinski definition) is 6. The second kappa shape index (κ2) is 11.6. The number of rotatable bonds is 9. The summed E-state index contributed by atoms with van der Waals surface area (Å²) in [5.74, 6) is -1.62. The van der Waals surface area contributed by atoms with E-state index in [4.69, 9.17) is 21.4 Å². The summed E-state index contributed by atoms with van der Waals surface area (Å²) in [4.78, 5) is 27.5. The number of aliphatic hydroxyl groups excluding tert-OH is 1. The molecule has 2 heterocycles. The topological polar surface area (TPSA) is 139 Å². The van der Waals surface area contributed by atoms with E-state index in [1.165, 1.54) is 16.9 Å². The van der Waals surface area contributed by atoms with Gasteiger partial charge in [-0.3, -0.25) is 4.79 Å². The first kappa shape index (κ1) is 27.7.